The Hall–Kier alpha value is -0.930. The van der Waals surface area contributed by atoms with Crippen molar-refractivity contribution in [1.82, 2.24) is 15.2 Å². The van der Waals surface area contributed by atoms with E-state index in [2.05, 4.69) is 35.1 Å². The van der Waals surface area contributed by atoms with Gasteiger partial charge < -0.3 is 5.32 Å². The van der Waals surface area contributed by atoms with E-state index in [0.717, 1.165) is 26.2 Å². The zero-order chi connectivity index (χ0) is 11.4. The van der Waals surface area contributed by atoms with E-state index in [4.69, 9.17) is 0 Å². The van der Waals surface area contributed by atoms with Crippen LogP contribution in [0.5, 0.6) is 0 Å². The fourth-order valence-electron chi connectivity index (χ4n) is 2.21. The van der Waals surface area contributed by atoms with Gasteiger partial charge in [0.2, 0.25) is 0 Å². The molecule has 88 valence electrons. The summed E-state index contributed by atoms with van der Waals surface area (Å²) in [5.41, 5.74) is 2.71. The molecule has 3 heteroatoms. The lowest BCUT2D eigenvalue weighted by Gasteiger charge is -2.33. The number of nitrogens with one attached hydrogen (secondary N) is 1. The molecule has 0 bridgehead atoms. The summed E-state index contributed by atoms with van der Waals surface area (Å²) in [6, 6.07) is 2.75. The average molecular weight is 219 g/mol. The maximum atomic E-state index is 4.21. The molecule has 2 rings (SSSR count). The molecule has 1 aromatic heterocycles. The fraction of sp³-hybridized carbons (Fsp3) is 0.615. The van der Waals surface area contributed by atoms with Crippen LogP contribution in [0.4, 0.5) is 0 Å². The predicted octanol–water partition coefficient (Wildman–Crippen LogP) is 1.57. The Morgan fingerprint density at radius 1 is 1.56 bits per heavy atom. The highest BCUT2D eigenvalue weighted by molar-refractivity contribution is 5.21. The van der Waals surface area contributed by atoms with Gasteiger partial charge in [-0.3, -0.25) is 9.88 Å². The summed E-state index contributed by atoms with van der Waals surface area (Å²) in [5, 5.41) is 3.54. The maximum Gasteiger partial charge on any atom is 0.0315 e. The van der Waals surface area contributed by atoms with Crippen LogP contribution >= 0.6 is 0 Å². The SMILES string of the molecule is CCC1CN(Cc2cnccc2C)CCN1. The molecule has 3 nitrogen and oxygen atoms in total. The number of nitrogens with zero attached hydrogens (tertiary/aromatic N) is 2. The molecule has 1 unspecified atom stereocenters. The Labute approximate surface area is 97.9 Å². The lowest BCUT2D eigenvalue weighted by molar-refractivity contribution is 0.189. The topological polar surface area (TPSA) is 28.2 Å². The predicted molar refractivity (Wildman–Crippen MR) is 66.3 cm³/mol. The summed E-state index contributed by atoms with van der Waals surface area (Å²) in [4.78, 5) is 6.73. The van der Waals surface area contributed by atoms with Crippen LogP contribution in [-0.2, 0) is 6.54 Å². The minimum atomic E-state index is 0.658. The van der Waals surface area contributed by atoms with Crippen molar-refractivity contribution in [3.8, 4) is 0 Å². The van der Waals surface area contributed by atoms with Gasteiger partial charge in [-0.1, -0.05) is 6.92 Å². The van der Waals surface area contributed by atoms with Crippen molar-refractivity contribution in [3.05, 3.63) is 29.6 Å². The first kappa shape index (κ1) is 11.6. The summed E-state index contributed by atoms with van der Waals surface area (Å²) in [5.74, 6) is 0. The minimum Gasteiger partial charge on any atom is -0.311 e. The monoisotopic (exact) mass is 219 g/mol. The number of hydrogen-bond acceptors (Lipinski definition) is 3. The van der Waals surface area contributed by atoms with Gasteiger partial charge in [0.1, 0.15) is 0 Å². The maximum absolute atomic E-state index is 4.21. The van der Waals surface area contributed by atoms with Crippen LogP contribution in [0.1, 0.15) is 24.5 Å². The van der Waals surface area contributed by atoms with Gasteiger partial charge in [0.25, 0.3) is 0 Å². The molecule has 0 saturated carbocycles. The Morgan fingerprint density at radius 2 is 2.44 bits per heavy atom. The highest BCUT2D eigenvalue weighted by Gasteiger charge is 2.17. The largest absolute Gasteiger partial charge is 0.311 e. The second-order valence-electron chi connectivity index (χ2n) is 4.60. The Kier molecular flexibility index (Phi) is 3.91. The van der Waals surface area contributed by atoms with Crippen LogP contribution in [0.15, 0.2) is 18.5 Å². The standard InChI is InChI=1S/C13H21N3/c1-3-13-10-16(7-6-15-13)9-12-8-14-5-4-11(12)2/h4-5,8,13,15H,3,6-7,9-10H2,1-2H3. The molecule has 2 heterocycles. The van der Waals surface area contributed by atoms with E-state index >= 15 is 0 Å². The molecule has 0 aromatic carbocycles. The van der Waals surface area contributed by atoms with Crippen molar-refractivity contribution in [2.45, 2.75) is 32.9 Å². The highest BCUT2D eigenvalue weighted by Crippen LogP contribution is 2.11. The van der Waals surface area contributed by atoms with Gasteiger partial charge in [0, 0.05) is 44.6 Å². The van der Waals surface area contributed by atoms with Gasteiger partial charge in [-0.05, 0) is 30.5 Å². The second kappa shape index (κ2) is 5.41. The zero-order valence-corrected chi connectivity index (χ0v) is 10.2. The Balaban J connectivity index is 1.97. The third-order valence-electron chi connectivity index (χ3n) is 3.37. The average Bonchev–Trinajstić information content (AvgIpc) is 2.32. The molecule has 0 spiro atoms. The lowest BCUT2D eigenvalue weighted by Crippen LogP contribution is -2.49. The van der Waals surface area contributed by atoms with E-state index in [9.17, 15) is 0 Å². The van der Waals surface area contributed by atoms with Crippen LogP contribution in [0, 0.1) is 6.92 Å². The smallest absolute Gasteiger partial charge is 0.0315 e. The number of aryl methyl sites for hydroxylation is 1. The van der Waals surface area contributed by atoms with Gasteiger partial charge in [0.05, 0.1) is 0 Å². The van der Waals surface area contributed by atoms with E-state index in [1.165, 1.54) is 17.5 Å². The van der Waals surface area contributed by atoms with Crippen LogP contribution < -0.4 is 5.32 Å². The zero-order valence-electron chi connectivity index (χ0n) is 10.2. The van der Waals surface area contributed by atoms with E-state index in [0.29, 0.717) is 6.04 Å². The van der Waals surface area contributed by atoms with Crippen molar-refractivity contribution >= 4 is 0 Å². The molecule has 1 saturated heterocycles. The molecule has 1 aliphatic rings. The number of hydrogen-bond donors (Lipinski definition) is 1. The van der Waals surface area contributed by atoms with Crippen molar-refractivity contribution < 1.29 is 0 Å². The van der Waals surface area contributed by atoms with E-state index < -0.39 is 0 Å². The molecule has 0 aliphatic carbocycles. The molecule has 0 amide bonds. The van der Waals surface area contributed by atoms with Gasteiger partial charge in [-0.25, -0.2) is 0 Å². The van der Waals surface area contributed by atoms with Crippen LogP contribution in [0.2, 0.25) is 0 Å². The molecule has 1 fully saturated rings. The molecular formula is C13H21N3. The third kappa shape index (κ3) is 2.80. The second-order valence-corrected chi connectivity index (χ2v) is 4.60. The molecule has 0 radical (unpaired) electrons. The summed E-state index contributed by atoms with van der Waals surface area (Å²) < 4.78 is 0. The summed E-state index contributed by atoms with van der Waals surface area (Å²) in [6.07, 6.45) is 5.08. The first-order chi connectivity index (χ1) is 7.79. The summed E-state index contributed by atoms with van der Waals surface area (Å²) >= 11 is 0. The van der Waals surface area contributed by atoms with Crippen LogP contribution in [0.3, 0.4) is 0 Å². The van der Waals surface area contributed by atoms with Gasteiger partial charge in [0.15, 0.2) is 0 Å². The van der Waals surface area contributed by atoms with Crippen molar-refractivity contribution in [1.29, 1.82) is 0 Å². The molecule has 1 atom stereocenters. The number of piperazine rings is 1. The van der Waals surface area contributed by atoms with E-state index in [1.54, 1.807) is 0 Å². The van der Waals surface area contributed by atoms with Gasteiger partial charge >= 0.3 is 0 Å². The highest BCUT2D eigenvalue weighted by atomic mass is 15.2. The molecule has 1 aromatic rings. The quantitative estimate of drug-likeness (QED) is 0.836. The number of aromatic nitrogens is 1. The molecule has 1 aliphatic heterocycles. The van der Waals surface area contributed by atoms with Crippen molar-refractivity contribution in [3.63, 3.8) is 0 Å². The first-order valence-corrected chi connectivity index (χ1v) is 6.15. The molecule has 16 heavy (non-hydrogen) atoms. The van der Waals surface area contributed by atoms with Crippen LogP contribution in [-0.4, -0.2) is 35.6 Å². The van der Waals surface area contributed by atoms with E-state index in [-0.39, 0.29) is 0 Å². The number of pyridine rings is 1. The number of rotatable bonds is 3. The molecule has 1 N–H and O–H groups in total. The lowest BCUT2D eigenvalue weighted by atomic mass is 10.1. The minimum absolute atomic E-state index is 0.658. The first-order valence-electron chi connectivity index (χ1n) is 6.15. The van der Waals surface area contributed by atoms with Crippen LogP contribution in [0.25, 0.3) is 0 Å². The van der Waals surface area contributed by atoms with E-state index in [1.807, 2.05) is 12.4 Å². The third-order valence-corrected chi connectivity index (χ3v) is 3.37. The Morgan fingerprint density at radius 3 is 3.19 bits per heavy atom. The summed E-state index contributed by atoms with van der Waals surface area (Å²) in [7, 11) is 0. The van der Waals surface area contributed by atoms with Gasteiger partial charge in [-0.15, -0.1) is 0 Å². The fourth-order valence-corrected chi connectivity index (χ4v) is 2.21. The summed E-state index contributed by atoms with van der Waals surface area (Å²) in [6.45, 7) is 8.86. The van der Waals surface area contributed by atoms with Crippen molar-refractivity contribution in [2.24, 2.45) is 0 Å². The Bertz CT molecular complexity index is 338. The van der Waals surface area contributed by atoms with Crippen molar-refractivity contribution in [2.75, 3.05) is 19.6 Å². The molecular weight excluding hydrogens is 198 g/mol. The van der Waals surface area contributed by atoms with Gasteiger partial charge in [-0.2, -0.15) is 0 Å². The normalized spacial score (nSPS) is 22.2.